The molecule has 0 saturated carbocycles. The van der Waals surface area contributed by atoms with Gasteiger partial charge in [-0.15, -0.1) is 0 Å². The molecular weight excluding hydrogens is 329 g/mol. The molecule has 0 aliphatic carbocycles. The van der Waals surface area contributed by atoms with E-state index in [0.717, 1.165) is 6.07 Å². The molecule has 1 fully saturated rings. The topological polar surface area (TPSA) is 94.1 Å². The summed E-state index contributed by atoms with van der Waals surface area (Å²) >= 11 is 0. The van der Waals surface area contributed by atoms with Crippen LogP contribution in [0.25, 0.3) is 0 Å². The summed E-state index contributed by atoms with van der Waals surface area (Å²) in [5.74, 6) is -0.790. The van der Waals surface area contributed by atoms with Gasteiger partial charge in [-0.25, -0.2) is 17.5 Å². The maximum absolute atomic E-state index is 13.7. The van der Waals surface area contributed by atoms with Crippen molar-refractivity contribution < 1.29 is 32.1 Å². The average Bonchev–Trinajstić information content (AvgIpc) is 3.00. The lowest BCUT2D eigenvalue weighted by molar-refractivity contribution is -0.0566. The number of sulfonamides is 1. The fraction of sp³-hybridized carbons (Fsp3) is 0.571. The van der Waals surface area contributed by atoms with Crippen LogP contribution in [0, 0.1) is 5.82 Å². The molecule has 0 aromatic heterocycles. The number of rotatable bonds is 8. The smallest absolute Gasteiger partial charge is 0.240 e. The standard InChI is InChI=1S/C14H20FNO6S/c1-20-13-3-2-11(8-12(13)15)23(18,19)16-9-14(22-7-5-17)4-6-21-10-14/h2-3,8,16-17H,4-7,9-10H2,1H3. The van der Waals surface area contributed by atoms with Crippen molar-refractivity contribution in [3.05, 3.63) is 24.0 Å². The molecule has 1 aromatic rings. The van der Waals surface area contributed by atoms with Gasteiger partial charge in [0.25, 0.3) is 0 Å². The minimum atomic E-state index is -3.90. The van der Waals surface area contributed by atoms with E-state index in [-0.39, 0.29) is 37.0 Å². The predicted octanol–water partition coefficient (Wildman–Crippen LogP) is 0.281. The van der Waals surface area contributed by atoms with Crippen LogP contribution in [0.1, 0.15) is 6.42 Å². The Balaban J connectivity index is 2.09. The molecule has 0 amide bonds. The number of nitrogens with one attached hydrogen (secondary N) is 1. The van der Waals surface area contributed by atoms with Gasteiger partial charge in [0, 0.05) is 19.6 Å². The minimum absolute atomic E-state index is 0.0248. The second-order valence-corrected chi connectivity index (χ2v) is 6.95. The molecule has 1 unspecified atom stereocenters. The van der Waals surface area contributed by atoms with Gasteiger partial charge < -0.3 is 19.3 Å². The van der Waals surface area contributed by atoms with E-state index in [1.807, 2.05) is 0 Å². The van der Waals surface area contributed by atoms with Gasteiger partial charge >= 0.3 is 0 Å². The fourth-order valence-corrected chi connectivity index (χ4v) is 3.40. The highest BCUT2D eigenvalue weighted by atomic mass is 32.2. The average molecular weight is 349 g/mol. The fourth-order valence-electron chi connectivity index (χ4n) is 2.28. The van der Waals surface area contributed by atoms with E-state index in [2.05, 4.69) is 4.72 Å². The Bertz CT molecular complexity index is 630. The lowest BCUT2D eigenvalue weighted by Crippen LogP contribution is -2.46. The normalized spacial score (nSPS) is 21.5. The molecule has 1 saturated heterocycles. The Kier molecular flexibility index (Phi) is 5.93. The van der Waals surface area contributed by atoms with Crippen LogP contribution in [0.15, 0.2) is 23.1 Å². The van der Waals surface area contributed by atoms with Crippen LogP contribution in [-0.4, -0.2) is 59.2 Å². The van der Waals surface area contributed by atoms with Crippen molar-refractivity contribution in [3.63, 3.8) is 0 Å². The molecule has 23 heavy (non-hydrogen) atoms. The van der Waals surface area contributed by atoms with Crippen molar-refractivity contribution in [1.82, 2.24) is 4.72 Å². The van der Waals surface area contributed by atoms with Crippen LogP contribution in [0.2, 0.25) is 0 Å². The number of aliphatic hydroxyl groups excluding tert-OH is 1. The first kappa shape index (κ1) is 18.1. The molecule has 0 bridgehead atoms. The van der Waals surface area contributed by atoms with Gasteiger partial charge in [-0.3, -0.25) is 0 Å². The maximum atomic E-state index is 13.7. The second-order valence-electron chi connectivity index (χ2n) is 5.18. The molecule has 2 rings (SSSR count). The van der Waals surface area contributed by atoms with Crippen LogP contribution in [0.5, 0.6) is 5.75 Å². The SMILES string of the molecule is COc1ccc(S(=O)(=O)NCC2(OCCO)CCOC2)cc1F. The number of halogens is 1. The summed E-state index contributed by atoms with van der Waals surface area (Å²) in [5, 5.41) is 8.87. The van der Waals surface area contributed by atoms with Crippen molar-refractivity contribution >= 4 is 10.0 Å². The van der Waals surface area contributed by atoms with Gasteiger partial charge in [-0.05, 0) is 18.2 Å². The molecule has 1 heterocycles. The third-order valence-electron chi connectivity index (χ3n) is 3.58. The largest absolute Gasteiger partial charge is 0.494 e. The van der Waals surface area contributed by atoms with Crippen LogP contribution in [0.4, 0.5) is 4.39 Å². The van der Waals surface area contributed by atoms with Crippen molar-refractivity contribution in [3.8, 4) is 5.75 Å². The molecular formula is C14H20FNO6S. The van der Waals surface area contributed by atoms with Crippen molar-refractivity contribution in [2.75, 3.05) is 40.1 Å². The Morgan fingerprint density at radius 3 is 2.83 bits per heavy atom. The van der Waals surface area contributed by atoms with Gasteiger partial charge in [0.1, 0.15) is 5.60 Å². The van der Waals surface area contributed by atoms with Gasteiger partial charge in [0.05, 0.1) is 31.8 Å². The summed E-state index contributed by atoms with van der Waals surface area (Å²) in [6.45, 7) is 0.570. The van der Waals surface area contributed by atoms with Crippen LogP contribution in [-0.2, 0) is 19.5 Å². The molecule has 9 heteroatoms. The van der Waals surface area contributed by atoms with Gasteiger partial charge in [-0.1, -0.05) is 0 Å². The number of benzene rings is 1. The molecule has 1 aliphatic rings. The van der Waals surface area contributed by atoms with Gasteiger partial charge in [0.2, 0.25) is 10.0 Å². The van der Waals surface area contributed by atoms with Gasteiger partial charge in [0.15, 0.2) is 11.6 Å². The zero-order valence-corrected chi connectivity index (χ0v) is 13.6. The summed E-state index contributed by atoms with van der Waals surface area (Å²) in [6, 6.07) is 3.41. The third kappa shape index (κ3) is 4.39. The second kappa shape index (κ2) is 7.54. The maximum Gasteiger partial charge on any atom is 0.240 e. The summed E-state index contributed by atoms with van der Waals surface area (Å²) in [5.41, 5.74) is -0.819. The summed E-state index contributed by atoms with van der Waals surface area (Å²) < 4.78 is 56.2. The minimum Gasteiger partial charge on any atom is -0.494 e. The molecule has 2 N–H and O–H groups in total. The lowest BCUT2D eigenvalue weighted by Gasteiger charge is -2.27. The Labute approximate surface area is 134 Å². The first-order valence-corrected chi connectivity index (χ1v) is 8.56. The number of ether oxygens (including phenoxy) is 3. The highest BCUT2D eigenvalue weighted by Crippen LogP contribution is 2.24. The first-order chi connectivity index (χ1) is 10.9. The first-order valence-electron chi connectivity index (χ1n) is 7.08. The molecule has 7 nitrogen and oxygen atoms in total. The quantitative estimate of drug-likeness (QED) is 0.700. The molecule has 1 aromatic carbocycles. The van der Waals surface area contributed by atoms with E-state index in [0.29, 0.717) is 13.0 Å². The predicted molar refractivity (Wildman–Crippen MR) is 79.3 cm³/mol. The van der Waals surface area contributed by atoms with Crippen LogP contribution >= 0.6 is 0 Å². The number of hydrogen-bond acceptors (Lipinski definition) is 6. The Hall–Kier alpha value is -1.26. The van der Waals surface area contributed by atoms with E-state index in [4.69, 9.17) is 19.3 Å². The monoisotopic (exact) mass is 349 g/mol. The zero-order chi connectivity index (χ0) is 16.9. The molecule has 0 spiro atoms. The van der Waals surface area contributed by atoms with E-state index in [9.17, 15) is 12.8 Å². The molecule has 1 atom stereocenters. The zero-order valence-electron chi connectivity index (χ0n) is 12.7. The Morgan fingerprint density at radius 2 is 2.26 bits per heavy atom. The number of aliphatic hydroxyl groups is 1. The molecule has 1 aliphatic heterocycles. The summed E-state index contributed by atoms with van der Waals surface area (Å²) in [7, 11) is -2.60. The van der Waals surface area contributed by atoms with E-state index in [1.54, 1.807) is 0 Å². The summed E-state index contributed by atoms with van der Waals surface area (Å²) in [4.78, 5) is -0.202. The van der Waals surface area contributed by atoms with E-state index in [1.165, 1.54) is 19.2 Å². The summed E-state index contributed by atoms with van der Waals surface area (Å²) in [6.07, 6.45) is 0.506. The molecule has 130 valence electrons. The number of methoxy groups -OCH3 is 1. The van der Waals surface area contributed by atoms with Crippen molar-refractivity contribution in [2.24, 2.45) is 0 Å². The lowest BCUT2D eigenvalue weighted by atomic mass is 10.0. The van der Waals surface area contributed by atoms with Crippen molar-refractivity contribution in [1.29, 1.82) is 0 Å². The highest BCUT2D eigenvalue weighted by Gasteiger charge is 2.37. The van der Waals surface area contributed by atoms with Crippen LogP contribution < -0.4 is 9.46 Å². The van der Waals surface area contributed by atoms with E-state index >= 15 is 0 Å². The number of hydrogen-bond donors (Lipinski definition) is 2. The Morgan fingerprint density at radius 1 is 1.48 bits per heavy atom. The molecule has 0 radical (unpaired) electrons. The van der Waals surface area contributed by atoms with Crippen molar-refractivity contribution in [2.45, 2.75) is 16.9 Å². The van der Waals surface area contributed by atoms with E-state index < -0.39 is 21.4 Å². The highest BCUT2D eigenvalue weighted by molar-refractivity contribution is 7.89. The van der Waals surface area contributed by atoms with Gasteiger partial charge in [-0.2, -0.15) is 0 Å². The third-order valence-corrected chi connectivity index (χ3v) is 4.98. The van der Waals surface area contributed by atoms with Crippen LogP contribution in [0.3, 0.4) is 0 Å².